The number of thioether (sulfide) groups is 1. The molecule has 0 bridgehead atoms. The van der Waals surface area contributed by atoms with E-state index >= 15 is 0 Å². The second kappa shape index (κ2) is 11.8. The van der Waals surface area contributed by atoms with Gasteiger partial charge in [0.15, 0.2) is 22.5 Å². The molecule has 7 nitrogen and oxygen atoms in total. The van der Waals surface area contributed by atoms with Gasteiger partial charge in [-0.1, -0.05) is 23.4 Å². The van der Waals surface area contributed by atoms with Gasteiger partial charge in [-0.3, -0.25) is 0 Å². The van der Waals surface area contributed by atoms with Crippen LogP contribution in [0.4, 0.5) is 0 Å². The molecule has 0 fully saturated rings. The Hall–Kier alpha value is -2.42. The minimum absolute atomic E-state index is 0.545. The minimum Gasteiger partial charge on any atom is -0.493 e. The molecule has 3 aromatic rings. The maximum absolute atomic E-state index is 5.91. The number of hydrogen-bond acceptors (Lipinski definition) is 7. The zero-order chi connectivity index (χ0) is 22.1. The molecule has 0 atom stereocenters. The highest BCUT2D eigenvalue weighted by molar-refractivity contribution is 7.99. The van der Waals surface area contributed by atoms with Crippen LogP contribution in [-0.2, 0) is 11.3 Å². The van der Waals surface area contributed by atoms with E-state index in [4.69, 9.17) is 30.5 Å². The normalized spacial score (nSPS) is 10.8. The molecule has 0 aliphatic carbocycles. The third-order valence-electron chi connectivity index (χ3n) is 4.49. The van der Waals surface area contributed by atoms with Crippen LogP contribution in [0.5, 0.6) is 17.2 Å². The number of halogens is 1. The fourth-order valence-corrected chi connectivity index (χ4v) is 3.88. The molecule has 0 unspecified atom stereocenters. The Balaban J connectivity index is 1.72. The summed E-state index contributed by atoms with van der Waals surface area (Å²) in [6.45, 7) is 1.95. The second-order valence-corrected chi connectivity index (χ2v) is 8.02. The Morgan fingerprint density at radius 2 is 1.71 bits per heavy atom. The molecular weight excluding hydrogens is 438 g/mol. The first kappa shape index (κ1) is 23.2. The van der Waals surface area contributed by atoms with Crippen molar-refractivity contribution in [2.75, 3.05) is 40.3 Å². The highest BCUT2D eigenvalue weighted by atomic mass is 35.5. The average molecular weight is 464 g/mol. The number of methoxy groups -OCH3 is 3. The largest absolute Gasteiger partial charge is 0.493 e. The van der Waals surface area contributed by atoms with E-state index in [1.165, 1.54) is 0 Å². The van der Waals surface area contributed by atoms with E-state index in [-0.39, 0.29) is 0 Å². The summed E-state index contributed by atoms with van der Waals surface area (Å²) >= 11 is 7.51. The predicted molar refractivity (Wildman–Crippen MR) is 123 cm³/mol. The van der Waals surface area contributed by atoms with Crippen molar-refractivity contribution in [1.82, 2.24) is 14.8 Å². The quantitative estimate of drug-likeness (QED) is 0.281. The summed E-state index contributed by atoms with van der Waals surface area (Å²) in [4.78, 5) is 0. The third kappa shape index (κ3) is 6.29. The summed E-state index contributed by atoms with van der Waals surface area (Å²) in [5, 5.41) is 10.4. The summed E-state index contributed by atoms with van der Waals surface area (Å²) in [5.41, 5.74) is 0.909. The lowest BCUT2D eigenvalue weighted by atomic mass is 10.2. The van der Waals surface area contributed by atoms with Gasteiger partial charge < -0.3 is 23.5 Å². The zero-order valence-corrected chi connectivity index (χ0v) is 19.4. The van der Waals surface area contributed by atoms with E-state index in [9.17, 15) is 0 Å². The molecular formula is C22H26ClN3O4S. The molecule has 3 rings (SSSR count). The van der Waals surface area contributed by atoms with Crippen LogP contribution >= 0.6 is 23.4 Å². The smallest absolute Gasteiger partial charge is 0.191 e. The summed E-state index contributed by atoms with van der Waals surface area (Å²) < 4.78 is 23.9. The summed E-state index contributed by atoms with van der Waals surface area (Å²) in [7, 11) is 4.93. The first-order chi connectivity index (χ1) is 15.2. The number of rotatable bonds is 12. The summed E-state index contributed by atoms with van der Waals surface area (Å²) in [6.07, 6.45) is 0.851. The van der Waals surface area contributed by atoms with Gasteiger partial charge in [-0.2, -0.15) is 0 Å². The van der Waals surface area contributed by atoms with Gasteiger partial charge in [-0.15, -0.1) is 10.2 Å². The van der Waals surface area contributed by atoms with E-state index < -0.39 is 0 Å². The van der Waals surface area contributed by atoms with Crippen LogP contribution in [0, 0.1) is 0 Å². The Morgan fingerprint density at radius 1 is 0.935 bits per heavy atom. The third-order valence-corrected chi connectivity index (χ3v) is 5.67. The van der Waals surface area contributed by atoms with Crippen LogP contribution in [0.1, 0.15) is 6.42 Å². The van der Waals surface area contributed by atoms with Gasteiger partial charge in [0, 0.05) is 36.6 Å². The van der Waals surface area contributed by atoms with Crippen molar-refractivity contribution < 1.29 is 18.9 Å². The van der Waals surface area contributed by atoms with Gasteiger partial charge in [0.2, 0.25) is 0 Å². The highest BCUT2D eigenvalue weighted by Crippen LogP contribution is 2.33. The first-order valence-electron chi connectivity index (χ1n) is 9.82. The van der Waals surface area contributed by atoms with E-state index in [1.807, 2.05) is 42.5 Å². The van der Waals surface area contributed by atoms with Crippen LogP contribution < -0.4 is 14.2 Å². The lowest BCUT2D eigenvalue weighted by Crippen LogP contribution is -2.07. The fourth-order valence-electron chi connectivity index (χ4n) is 2.98. The Labute approximate surface area is 191 Å². The molecule has 0 amide bonds. The number of aromatic nitrogens is 3. The van der Waals surface area contributed by atoms with Crippen LogP contribution in [0.3, 0.4) is 0 Å². The Morgan fingerprint density at radius 3 is 2.42 bits per heavy atom. The van der Waals surface area contributed by atoms with Crippen molar-refractivity contribution in [2.24, 2.45) is 0 Å². The molecule has 0 N–H and O–H groups in total. The van der Waals surface area contributed by atoms with Gasteiger partial charge in [0.05, 0.1) is 20.8 Å². The molecule has 0 aliphatic heterocycles. The molecule has 0 saturated heterocycles. The van der Waals surface area contributed by atoms with Crippen molar-refractivity contribution in [2.45, 2.75) is 18.1 Å². The SMILES string of the molecule is COCCCn1c(SCCOc2ccc(Cl)cc2)nnc1-c1ccc(OC)c(OC)c1. The van der Waals surface area contributed by atoms with E-state index in [2.05, 4.69) is 14.8 Å². The number of benzene rings is 2. The van der Waals surface area contributed by atoms with Crippen molar-refractivity contribution in [3.63, 3.8) is 0 Å². The van der Waals surface area contributed by atoms with Crippen LogP contribution in [-0.4, -0.2) is 55.1 Å². The standard InChI is InChI=1S/C22H26ClN3O4S/c1-27-12-4-11-26-21(16-5-10-19(28-2)20(15-16)29-3)24-25-22(26)31-14-13-30-18-8-6-17(23)7-9-18/h5-10,15H,4,11-14H2,1-3H3. The van der Waals surface area contributed by atoms with E-state index in [1.54, 1.807) is 33.1 Å². The average Bonchev–Trinajstić information content (AvgIpc) is 3.20. The zero-order valence-electron chi connectivity index (χ0n) is 17.8. The molecule has 31 heavy (non-hydrogen) atoms. The lowest BCUT2D eigenvalue weighted by Gasteiger charge is -2.12. The van der Waals surface area contributed by atoms with Gasteiger partial charge in [0.25, 0.3) is 0 Å². The van der Waals surface area contributed by atoms with Crippen molar-refractivity contribution in [3.8, 4) is 28.6 Å². The topological polar surface area (TPSA) is 67.6 Å². The Bertz CT molecular complexity index is 966. The maximum atomic E-state index is 5.91. The lowest BCUT2D eigenvalue weighted by molar-refractivity contribution is 0.189. The summed E-state index contributed by atoms with van der Waals surface area (Å²) in [5.74, 6) is 3.62. The van der Waals surface area contributed by atoms with Crippen LogP contribution in [0.25, 0.3) is 11.4 Å². The summed E-state index contributed by atoms with van der Waals surface area (Å²) in [6, 6.07) is 13.1. The monoisotopic (exact) mass is 463 g/mol. The number of nitrogens with zero attached hydrogens (tertiary/aromatic N) is 3. The maximum Gasteiger partial charge on any atom is 0.191 e. The number of ether oxygens (including phenoxy) is 4. The molecule has 0 saturated carbocycles. The van der Waals surface area contributed by atoms with Gasteiger partial charge in [-0.05, 0) is 48.9 Å². The molecule has 2 aromatic carbocycles. The van der Waals surface area contributed by atoms with Crippen molar-refractivity contribution in [1.29, 1.82) is 0 Å². The first-order valence-corrected chi connectivity index (χ1v) is 11.2. The molecule has 1 aromatic heterocycles. The van der Waals surface area contributed by atoms with E-state index in [0.29, 0.717) is 29.7 Å². The van der Waals surface area contributed by atoms with Crippen molar-refractivity contribution in [3.05, 3.63) is 47.5 Å². The van der Waals surface area contributed by atoms with Gasteiger partial charge >= 0.3 is 0 Å². The second-order valence-electron chi connectivity index (χ2n) is 6.52. The molecule has 0 radical (unpaired) electrons. The van der Waals surface area contributed by atoms with Crippen molar-refractivity contribution >= 4 is 23.4 Å². The van der Waals surface area contributed by atoms with Crippen LogP contribution in [0.2, 0.25) is 5.02 Å². The molecule has 0 spiro atoms. The highest BCUT2D eigenvalue weighted by Gasteiger charge is 2.16. The molecule has 1 heterocycles. The van der Waals surface area contributed by atoms with Gasteiger partial charge in [0.1, 0.15) is 5.75 Å². The Kier molecular flexibility index (Phi) is 8.87. The molecule has 166 valence electrons. The minimum atomic E-state index is 0.545. The van der Waals surface area contributed by atoms with E-state index in [0.717, 1.165) is 41.0 Å². The van der Waals surface area contributed by atoms with Gasteiger partial charge in [-0.25, -0.2) is 0 Å². The molecule has 9 heteroatoms. The predicted octanol–water partition coefficient (Wildman–Crippen LogP) is 4.82. The molecule has 0 aliphatic rings. The number of hydrogen-bond donors (Lipinski definition) is 0. The fraction of sp³-hybridized carbons (Fsp3) is 0.364. The van der Waals surface area contributed by atoms with Crippen LogP contribution in [0.15, 0.2) is 47.6 Å².